The minimum absolute atomic E-state index is 0.00448. The lowest BCUT2D eigenvalue weighted by atomic mass is 9.91. The SMILES string of the molecule is CCCCCC[C@@H](CCCCC)CCCOC(=O)CCCCCCCC(CCCCCCCC(=O)OCCCC(CCCCC)CCCCC)COC(=O)C1CCN(C)CC1. The van der Waals surface area contributed by atoms with Crippen molar-refractivity contribution in [1.29, 1.82) is 0 Å². The summed E-state index contributed by atoms with van der Waals surface area (Å²) < 4.78 is 17.2. The molecule has 2 atom stereocenters. The maximum absolute atomic E-state index is 12.9. The highest BCUT2D eigenvalue weighted by Crippen LogP contribution is 2.25. The van der Waals surface area contributed by atoms with Gasteiger partial charge in [-0.15, -0.1) is 0 Å². The summed E-state index contributed by atoms with van der Waals surface area (Å²) in [7, 11) is 2.12. The van der Waals surface area contributed by atoms with Crippen LogP contribution >= 0.6 is 0 Å². The highest BCUT2D eigenvalue weighted by molar-refractivity contribution is 5.72. The van der Waals surface area contributed by atoms with Crippen LogP contribution in [0, 0.1) is 23.7 Å². The Hall–Kier alpha value is -1.63. The summed E-state index contributed by atoms with van der Waals surface area (Å²) >= 11 is 0. The maximum Gasteiger partial charge on any atom is 0.309 e. The summed E-state index contributed by atoms with van der Waals surface area (Å²) in [6.45, 7) is 12.7. The number of ether oxygens (including phenoxy) is 3. The average molecular weight is 862 g/mol. The van der Waals surface area contributed by atoms with Crippen LogP contribution in [0.3, 0.4) is 0 Å². The van der Waals surface area contributed by atoms with E-state index in [0.717, 1.165) is 128 Å². The summed E-state index contributed by atoms with van der Waals surface area (Å²) in [6, 6.07) is 0. The van der Waals surface area contributed by atoms with Crippen LogP contribution in [0.1, 0.15) is 265 Å². The number of unbranched alkanes of at least 4 members (excludes halogenated alkanes) is 17. The van der Waals surface area contributed by atoms with Crippen LogP contribution in [0.2, 0.25) is 0 Å². The van der Waals surface area contributed by atoms with Gasteiger partial charge < -0.3 is 19.1 Å². The second-order valence-electron chi connectivity index (χ2n) is 19.5. The molecule has 61 heavy (non-hydrogen) atoms. The third-order valence-corrected chi connectivity index (χ3v) is 13.7. The van der Waals surface area contributed by atoms with E-state index in [9.17, 15) is 14.4 Å². The minimum atomic E-state index is -0.0277. The van der Waals surface area contributed by atoms with Crippen molar-refractivity contribution < 1.29 is 28.6 Å². The molecule has 1 saturated heterocycles. The van der Waals surface area contributed by atoms with Crippen molar-refractivity contribution in [2.45, 2.75) is 265 Å². The molecular weight excluding hydrogens is 759 g/mol. The Morgan fingerprint density at radius 1 is 0.426 bits per heavy atom. The number of hydrogen-bond acceptors (Lipinski definition) is 7. The molecule has 0 aromatic carbocycles. The molecule has 1 aliphatic rings. The monoisotopic (exact) mass is 862 g/mol. The van der Waals surface area contributed by atoms with Gasteiger partial charge in [0.15, 0.2) is 0 Å². The van der Waals surface area contributed by atoms with Crippen LogP contribution in [-0.2, 0) is 28.6 Å². The average Bonchev–Trinajstić information content (AvgIpc) is 3.26. The fourth-order valence-corrected chi connectivity index (χ4v) is 9.37. The molecule has 1 heterocycles. The Morgan fingerprint density at radius 3 is 1.18 bits per heavy atom. The molecule has 7 heteroatoms. The zero-order chi connectivity index (χ0) is 44.4. The molecule has 360 valence electrons. The summed E-state index contributed by atoms with van der Waals surface area (Å²) in [4.78, 5) is 40.1. The van der Waals surface area contributed by atoms with E-state index in [4.69, 9.17) is 14.2 Å². The van der Waals surface area contributed by atoms with Crippen LogP contribution in [0.15, 0.2) is 0 Å². The van der Waals surface area contributed by atoms with Gasteiger partial charge in [0.05, 0.1) is 25.7 Å². The minimum Gasteiger partial charge on any atom is -0.466 e. The van der Waals surface area contributed by atoms with Gasteiger partial charge in [0, 0.05) is 12.8 Å². The maximum atomic E-state index is 12.9. The number of piperidine rings is 1. The van der Waals surface area contributed by atoms with Crippen molar-refractivity contribution in [3.8, 4) is 0 Å². The van der Waals surface area contributed by atoms with Gasteiger partial charge in [0.1, 0.15) is 0 Å². The fourth-order valence-electron chi connectivity index (χ4n) is 9.37. The number of rotatable bonds is 44. The molecule has 0 aliphatic carbocycles. The number of likely N-dealkylation sites (tertiary alicyclic amines) is 1. The van der Waals surface area contributed by atoms with Crippen LogP contribution in [0.5, 0.6) is 0 Å². The number of esters is 3. The highest BCUT2D eigenvalue weighted by atomic mass is 16.5. The number of nitrogens with zero attached hydrogens (tertiary/aromatic N) is 1. The zero-order valence-corrected chi connectivity index (χ0v) is 41.4. The number of hydrogen-bond donors (Lipinski definition) is 0. The Kier molecular flexibility index (Phi) is 39.8. The largest absolute Gasteiger partial charge is 0.466 e. The van der Waals surface area contributed by atoms with Gasteiger partial charge in [-0.05, 0) is 102 Å². The van der Waals surface area contributed by atoms with Gasteiger partial charge in [-0.25, -0.2) is 0 Å². The molecule has 1 aliphatic heterocycles. The summed E-state index contributed by atoms with van der Waals surface area (Å²) in [5, 5.41) is 0. The summed E-state index contributed by atoms with van der Waals surface area (Å²) in [5.41, 5.74) is 0. The molecule has 0 aromatic heterocycles. The Morgan fingerprint density at radius 2 is 0.754 bits per heavy atom. The topological polar surface area (TPSA) is 82.1 Å². The van der Waals surface area contributed by atoms with E-state index < -0.39 is 0 Å². The molecule has 0 amide bonds. The standard InChI is InChI=1S/C54H103NO6/c1-6-10-14-24-34-49(33-23-13-9-4)38-30-46-60-53(57)40-28-20-16-18-26-36-50(47-61-54(58)51-41-43-55(5)44-42-51)35-25-17-15-19-27-39-52(56)59-45-29-37-48(31-21-11-7-2)32-22-12-8-3/h48-51H,6-47H2,1-5H3/t49-,50?/m1/s1. The Labute approximate surface area is 379 Å². The molecule has 1 rings (SSSR count). The molecule has 1 unspecified atom stereocenters. The molecular formula is C54H103NO6. The van der Waals surface area contributed by atoms with E-state index in [-0.39, 0.29) is 23.8 Å². The lowest BCUT2D eigenvalue weighted by Gasteiger charge is -2.28. The van der Waals surface area contributed by atoms with Gasteiger partial charge in [-0.1, -0.05) is 188 Å². The second-order valence-corrected chi connectivity index (χ2v) is 19.5. The first-order valence-corrected chi connectivity index (χ1v) is 27.0. The molecule has 0 spiro atoms. The molecule has 0 aromatic rings. The summed E-state index contributed by atoms with van der Waals surface area (Å²) in [6.07, 6.45) is 42.7. The first-order valence-electron chi connectivity index (χ1n) is 27.0. The van der Waals surface area contributed by atoms with Gasteiger partial charge in [0.2, 0.25) is 0 Å². The van der Waals surface area contributed by atoms with Crippen LogP contribution < -0.4 is 0 Å². The Bertz CT molecular complexity index is 986. The van der Waals surface area contributed by atoms with E-state index in [0.29, 0.717) is 38.6 Å². The predicted octanol–water partition coefficient (Wildman–Crippen LogP) is 15.5. The normalized spacial score (nSPS) is 14.7. The van der Waals surface area contributed by atoms with Crippen molar-refractivity contribution in [3.63, 3.8) is 0 Å². The van der Waals surface area contributed by atoms with E-state index in [1.54, 1.807) is 0 Å². The van der Waals surface area contributed by atoms with Crippen molar-refractivity contribution in [2.24, 2.45) is 23.7 Å². The highest BCUT2D eigenvalue weighted by Gasteiger charge is 2.25. The van der Waals surface area contributed by atoms with Crippen molar-refractivity contribution >= 4 is 17.9 Å². The van der Waals surface area contributed by atoms with Gasteiger partial charge >= 0.3 is 17.9 Å². The lowest BCUT2D eigenvalue weighted by molar-refractivity contribution is -0.151. The lowest BCUT2D eigenvalue weighted by Crippen LogP contribution is -2.34. The molecule has 0 saturated carbocycles. The molecule has 0 N–H and O–H groups in total. The third kappa shape index (κ3) is 35.4. The van der Waals surface area contributed by atoms with E-state index >= 15 is 0 Å². The van der Waals surface area contributed by atoms with Crippen molar-refractivity contribution in [1.82, 2.24) is 4.90 Å². The third-order valence-electron chi connectivity index (χ3n) is 13.7. The van der Waals surface area contributed by atoms with E-state index in [1.165, 1.54) is 122 Å². The number of carbonyl (C=O) groups is 3. The van der Waals surface area contributed by atoms with Crippen LogP contribution in [0.25, 0.3) is 0 Å². The quantitative estimate of drug-likeness (QED) is 0.0343. The first kappa shape index (κ1) is 57.4. The van der Waals surface area contributed by atoms with Gasteiger partial charge in [-0.2, -0.15) is 0 Å². The van der Waals surface area contributed by atoms with Gasteiger partial charge in [-0.3, -0.25) is 14.4 Å². The molecule has 1 fully saturated rings. The fraction of sp³-hybridized carbons (Fsp3) is 0.944. The van der Waals surface area contributed by atoms with Crippen molar-refractivity contribution in [2.75, 3.05) is 40.0 Å². The molecule has 7 nitrogen and oxygen atoms in total. The zero-order valence-electron chi connectivity index (χ0n) is 41.4. The van der Waals surface area contributed by atoms with Crippen LogP contribution in [0.4, 0.5) is 0 Å². The first-order chi connectivity index (χ1) is 29.8. The second kappa shape index (κ2) is 42.3. The smallest absolute Gasteiger partial charge is 0.309 e. The van der Waals surface area contributed by atoms with E-state index in [2.05, 4.69) is 39.6 Å². The van der Waals surface area contributed by atoms with Gasteiger partial charge in [0.25, 0.3) is 0 Å². The van der Waals surface area contributed by atoms with E-state index in [1.807, 2.05) is 0 Å². The molecule has 0 radical (unpaired) electrons. The Balaban J connectivity index is 2.29. The van der Waals surface area contributed by atoms with Crippen molar-refractivity contribution in [3.05, 3.63) is 0 Å². The number of carbonyl (C=O) groups excluding carboxylic acids is 3. The molecule has 0 bridgehead atoms. The summed E-state index contributed by atoms with van der Waals surface area (Å²) in [5.74, 6) is 1.98. The predicted molar refractivity (Wildman–Crippen MR) is 258 cm³/mol. The van der Waals surface area contributed by atoms with Crippen LogP contribution in [-0.4, -0.2) is 62.8 Å².